The van der Waals surface area contributed by atoms with E-state index in [2.05, 4.69) is 22.6 Å². The highest BCUT2D eigenvalue weighted by molar-refractivity contribution is 14.1. The number of rotatable bonds is 1. The Balaban J connectivity index is 2.93. The molecule has 0 fully saturated rings. The fourth-order valence-corrected chi connectivity index (χ4v) is 3.59. The van der Waals surface area contributed by atoms with Gasteiger partial charge in [-0.15, -0.1) is 11.3 Å². The predicted octanol–water partition coefficient (Wildman–Crippen LogP) is 3.51. The molecule has 0 radical (unpaired) electrons. The summed E-state index contributed by atoms with van der Waals surface area (Å²) in [6.45, 7) is 1.84. The highest BCUT2D eigenvalue weighted by Crippen LogP contribution is 2.31. The molecule has 2 aromatic rings. The van der Waals surface area contributed by atoms with Crippen molar-refractivity contribution in [3.63, 3.8) is 0 Å². The topological polar surface area (TPSA) is 37.3 Å². The number of carboxylic acids is 1. The van der Waals surface area contributed by atoms with E-state index in [0.29, 0.717) is 5.56 Å². The van der Waals surface area contributed by atoms with Crippen LogP contribution in [0.2, 0.25) is 0 Å². The van der Waals surface area contributed by atoms with Gasteiger partial charge in [0.05, 0.1) is 10.3 Å². The minimum Gasteiger partial charge on any atom is -0.478 e. The highest BCUT2D eigenvalue weighted by Gasteiger charge is 2.14. The zero-order valence-electron chi connectivity index (χ0n) is 7.37. The van der Waals surface area contributed by atoms with Gasteiger partial charge in [-0.2, -0.15) is 0 Å². The molecular weight excluding hydrogens is 311 g/mol. The summed E-state index contributed by atoms with van der Waals surface area (Å²) in [5.74, 6) is -0.841. The van der Waals surface area contributed by atoms with Gasteiger partial charge in [0.2, 0.25) is 0 Å². The van der Waals surface area contributed by atoms with Gasteiger partial charge in [0.1, 0.15) is 0 Å². The van der Waals surface area contributed by atoms with Crippen LogP contribution in [0.5, 0.6) is 0 Å². The number of fused-ring (bicyclic) bond motifs is 1. The zero-order chi connectivity index (χ0) is 10.3. The summed E-state index contributed by atoms with van der Waals surface area (Å²) in [5, 5.41) is 12.0. The van der Waals surface area contributed by atoms with Crippen molar-refractivity contribution >= 4 is 50.0 Å². The molecule has 0 saturated heterocycles. The molecule has 0 aliphatic heterocycles. The second kappa shape index (κ2) is 3.51. The van der Waals surface area contributed by atoms with E-state index < -0.39 is 5.97 Å². The maximum Gasteiger partial charge on any atom is 0.337 e. The van der Waals surface area contributed by atoms with Crippen LogP contribution in [-0.2, 0) is 0 Å². The van der Waals surface area contributed by atoms with Crippen molar-refractivity contribution < 1.29 is 9.90 Å². The monoisotopic (exact) mass is 318 g/mol. The Morgan fingerprint density at radius 1 is 1.57 bits per heavy atom. The molecule has 1 aromatic heterocycles. The average Bonchev–Trinajstić information content (AvgIpc) is 2.51. The number of aryl methyl sites for hydroxylation is 1. The molecule has 0 unspecified atom stereocenters. The number of thiophene rings is 1. The molecule has 2 rings (SSSR count). The van der Waals surface area contributed by atoms with Crippen LogP contribution in [0.4, 0.5) is 0 Å². The first-order valence-corrected chi connectivity index (χ1v) is 5.96. The van der Waals surface area contributed by atoms with Gasteiger partial charge in [0.15, 0.2) is 0 Å². The van der Waals surface area contributed by atoms with Crippen molar-refractivity contribution in [3.05, 3.63) is 32.2 Å². The van der Waals surface area contributed by atoms with Crippen LogP contribution in [0, 0.1) is 10.5 Å². The highest BCUT2D eigenvalue weighted by atomic mass is 127. The van der Waals surface area contributed by atoms with E-state index in [-0.39, 0.29) is 0 Å². The molecule has 14 heavy (non-hydrogen) atoms. The molecule has 1 N–H and O–H groups in total. The summed E-state index contributed by atoms with van der Waals surface area (Å²) >= 11 is 3.72. The largest absolute Gasteiger partial charge is 0.478 e. The average molecular weight is 318 g/mol. The Labute approximate surface area is 98.7 Å². The number of benzene rings is 1. The van der Waals surface area contributed by atoms with Gasteiger partial charge in [-0.1, -0.05) is 0 Å². The third kappa shape index (κ3) is 1.42. The molecule has 0 bridgehead atoms. The Hall–Kier alpha value is -0.620. The molecule has 4 heteroatoms. The third-order valence-electron chi connectivity index (χ3n) is 2.10. The molecule has 1 aromatic carbocycles. The van der Waals surface area contributed by atoms with Crippen LogP contribution < -0.4 is 0 Å². The first kappa shape index (κ1) is 9.92. The van der Waals surface area contributed by atoms with Crippen molar-refractivity contribution in [2.45, 2.75) is 6.92 Å². The third-order valence-corrected chi connectivity index (χ3v) is 3.93. The first-order valence-electron chi connectivity index (χ1n) is 4.01. The molecule has 2 nitrogen and oxygen atoms in total. The van der Waals surface area contributed by atoms with Gasteiger partial charge in [0, 0.05) is 8.96 Å². The van der Waals surface area contributed by atoms with E-state index >= 15 is 0 Å². The normalized spacial score (nSPS) is 10.7. The van der Waals surface area contributed by atoms with Gasteiger partial charge in [0.25, 0.3) is 0 Å². The Morgan fingerprint density at radius 2 is 2.29 bits per heavy atom. The van der Waals surface area contributed by atoms with Crippen LogP contribution in [-0.4, -0.2) is 11.1 Å². The lowest BCUT2D eigenvalue weighted by Crippen LogP contribution is -2.00. The predicted molar refractivity (Wildman–Crippen MR) is 66.2 cm³/mol. The standard InChI is InChI=1S/C10H7IO2S/c1-5-4-7(11)6-2-3-14-9(6)8(5)10(12)13/h2-4H,1H3,(H,12,13). The molecule has 0 saturated carbocycles. The maximum absolute atomic E-state index is 11.0. The lowest BCUT2D eigenvalue weighted by atomic mass is 10.1. The van der Waals surface area contributed by atoms with Gasteiger partial charge in [-0.05, 0) is 52.6 Å². The Bertz CT molecular complexity index is 516. The molecule has 0 aliphatic rings. The van der Waals surface area contributed by atoms with E-state index in [1.807, 2.05) is 24.4 Å². The minimum atomic E-state index is -0.841. The summed E-state index contributed by atoms with van der Waals surface area (Å²) in [5.41, 5.74) is 1.27. The second-order valence-corrected chi connectivity index (χ2v) is 5.10. The van der Waals surface area contributed by atoms with Crippen molar-refractivity contribution in [1.82, 2.24) is 0 Å². The fraction of sp³-hybridized carbons (Fsp3) is 0.100. The molecule has 0 spiro atoms. The van der Waals surface area contributed by atoms with E-state index in [1.54, 1.807) is 0 Å². The van der Waals surface area contributed by atoms with Crippen LogP contribution in [0.3, 0.4) is 0 Å². The smallest absolute Gasteiger partial charge is 0.337 e. The summed E-state index contributed by atoms with van der Waals surface area (Å²) in [7, 11) is 0. The van der Waals surface area contributed by atoms with Gasteiger partial charge in [-0.25, -0.2) is 4.79 Å². The number of hydrogen-bond acceptors (Lipinski definition) is 2. The molecular formula is C10H7IO2S. The number of aromatic carboxylic acids is 1. The van der Waals surface area contributed by atoms with Crippen molar-refractivity contribution in [3.8, 4) is 0 Å². The molecule has 72 valence electrons. The SMILES string of the molecule is Cc1cc(I)c2ccsc2c1C(=O)O. The Morgan fingerprint density at radius 3 is 2.93 bits per heavy atom. The van der Waals surface area contributed by atoms with Crippen molar-refractivity contribution in [2.24, 2.45) is 0 Å². The lowest BCUT2D eigenvalue weighted by molar-refractivity contribution is 0.0698. The van der Waals surface area contributed by atoms with Crippen LogP contribution in [0.1, 0.15) is 15.9 Å². The van der Waals surface area contributed by atoms with E-state index in [0.717, 1.165) is 19.2 Å². The number of carboxylic acid groups (broad SMARTS) is 1. The van der Waals surface area contributed by atoms with E-state index in [4.69, 9.17) is 5.11 Å². The maximum atomic E-state index is 11.0. The molecule has 0 atom stereocenters. The summed E-state index contributed by atoms with van der Waals surface area (Å²) in [4.78, 5) is 11.0. The molecule has 0 aliphatic carbocycles. The number of hydrogen-bond donors (Lipinski definition) is 1. The van der Waals surface area contributed by atoms with Crippen molar-refractivity contribution in [1.29, 1.82) is 0 Å². The fourth-order valence-electron chi connectivity index (χ4n) is 1.48. The summed E-state index contributed by atoms with van der Waals surface area (Å²) in [6, 6.07) is 3.88. The Kier molecular flexibility index (Phi) is 2.48. The zero-order valence-corrected chi connectivity index (χ0v) is 10.3. The quantitative estimate of drug-likeness (QED) is 0.817. The van der Waals surface area contributed by atoms with Crippen LogP contribution in [0.15, 0.2) is 17.5 Å². The van der Waals surface area contributed by atoms with E-state index in [9.17, 15) is 4.79 Å². The molecule has 1 heterocycles. The van der Waals surface area contributed by atoms with E-state index in [1.165, 1.54) is 11.3 Å². The summed E-state index contributed by atoms with van der Waals surface area (Å²) in [6.07, 6.45) is 0. The van der Waals surface area contributed by atoms with Gasteiger partial charge >= 0.3 is 5.97 Å². The lowest BCUT2D eigenvalue weighted by Gasteiger charge is -2.03. The second-order valence-electron chi connectivity index (χ2n) is 3.02. The van der Waals surface area contributed by atoms with Gasteiger partial charge < -0.3 is 5.11 Å². The first-order chi connectivity index (χ1) is 6.61. The summed E-state index contributed by atoms with van der Waals surface area (Å²) < 4.78 is 1.99. The van der Waals surface area contributed by atoms with Crippen LogP contribution >= 0.6 is 33.9 Å². The number of halogens is 1. The minimum absolute atomic E-state index is 0.440. The molecule has 0 amide bonds. The van der Waals surface area contributed by atoms with Crippen LogP contribution in [0.25, 0.3) is 10.1 Å². The number of carbonyl (C=O) groups is 1. The van der Waals surface area contributed by atoms with Crippen molar-refractivity contribution in [2.75, 3.05) is 0 Å². The van der Waals surface area contributed by atoms with Gasteiger partial charge in [-0.3, -0.25) is 0 Å².